The molecule has 0 aliphatic rings. The maximum atomic E-state index is 5.39. The molecule has 2 N–H and O–H groups in total. The third-order valence-corrected chi connectivity index (χ3v) is 1.52. The number of aryl methyl sites for hydroxylation is 1. The molecular weight excluding hydrogens is 146 g/mol. The summed E-state index contributed by atoms with van der Waals surface area (Å²) in [5.74, 6) is 0.860. The van der Waals surface area contributed by atoms with E-state index >= 15 is 0 Å². The fourth-order valence-electron chi connectivity index (χ4n) is 0.794. The van der Waals surface area contributed by atoms with E-state index in [1.165, 1.54) is 0 Å². The molecule has 0 unspecified atom stereocenters. The second-order valence-corrected chi connectivity index (χ2v) is 2.52. The summed E-state index contributed by atoms with van der Waals surface area (Å²) < 4.78 is 3.98. The molecule has 0 aliphatic carbocycles. The molecule has 0 atom stereocenters. The Morgan fingerprint density at radius 2 is 2.40 bits per heavy atom. The zero-order valence-corrected chi connectivity index (χ0v) is 6.67. The third kappa shape index (κ3) is 1.75. The van der Waals surface area contributed by atoms with Crippen molar-refractivity contribution in [2.45, 2.75) is 13.2 Å². The van der Waals surface area contributed by atoms with E-state index in [0.29, 0.717) is 6.67 Å². The summed E-state index contributed by atoms with van der Waals surface area (Å²) in [6, 6.07) is 0. The summed E-state index contributed by atoms with van der Waals surface area (Å²) in [5.41, 5.74) is 5.39. The number of nitrogens with two attached hydrogens (primary N) is 1. The Morgan fingerprint density at radius 1 is 1.60 bits per heavy atom. The first-order chi connectivity index (χ1) is 4.86. The van der Waals surface area contributed by atoms with Crippen molar-refractivity contribution < 1.29 is 4.57 Å². The maximum Gasteiger partial charge on any atom is 0.244 e. The van der Waals surface area contributed by atoms with Gasteiger partial charge in [0.25, 0.3) is 0 Å². The first-order valence-electron chi connectivity index (χ1n) is 3.22. The van der Waals surface area contributed by atoms with Crippen LogP contribution in [0.1, 0.15) is 0 Å². The van der Waals surface area contributed by atoms with Crippen molar-refractivity contribution in [2.24, 2.45) is 5.73 Å². The zero-order valence-electron chi connectivity index (χ0n) is 5.77. The summed E-state index contributed by atoms with van der Waals surface area (Å²) in [6.45, 7) is 1.48. The highest BCUT2D eigenvalue weighted by atomic mass is 32.1. The van der Waals surface area contributed by atoms with Crippen LogP contribution in [0.2, 0.25) is 0 Å². The smallest absolute Gasteiger partial charge is 0.244 e. The molecule has 0 saturated heterocycles. The van der Waals surface area contributed by atoms with Gasteiger partial charge >= 0.3 is 0 Å². The van der Waals surface area contributed by atoms with Crippen LogP contribution in [0.3, 0.4) is 0 Å². The third-order valence-electron chi connectivity index (χ3n) is 1.32. The van der Waals surface area contributed by atoms with E-state index in [4.69, 9.17) is 5.73 Å². The molecule has 0 spiro atoms. The molecule has 1 aromatic heterocycles. The Balaban J connectivity index is 2.59. The normalized spacial score (nSPS) is 10.2. The van der Waals surface area contributed by atoms with E-state index in [2.05, 4.69) is 17.2 Å². The average molecular weight is 158 g/mol. The number of hydrogen-bond donors (Lipinski definition) is 2. The lowest BCUT2D eigenvalue weighted by atomic mass is 10.7. The van der Waals surface area contributed by atoms with Crippen LogP contribution in [-0.2, 0) is 13.2 Å². The highest BCUT2D eigenvalue weighted by Gasteiger charge is 1.98. The minimum Gasteiger partial charge on any atom is -0.295 e. The van der Waals surface area contributed by atoms with Crippen molar-refractivity contribution in [3.63, 3.8) is 0 Å². The van der Waals surface area contributed by atoms with Gasteiger partial charge in [-0.25, -0.2) is 9.13 Å². The van der Waals surface area contributed by atoms with E-state index in [0.717, 1.165) is 12.3 Å². The predicted octanol–water partition coefficient (Wildman–Crippen LogP) is -0.378. The molecule has 0 saturated carbocycles. The molecule has 0 aromatic carbocycles. The average Bonchev–Trinajstić information content (AvgIpc) is 2.37. The minimum atomic E-state index is 0.541. The number of aromatic nitrogens is 2. The Kier molecular flexibility index (Phi) is 2.77. The van der Waals surface area contributed by atoms with Gasteiger partial charge in [0, 0.05) is 5.75 Å². The minimum absolute atomic E-state index is 0.541. The fraction of sp³-hybridized carbons (Fsp3) is 0.500. The van der Waals surface area contributed by atoms with Crippen LogP contribution in [0.4, 0.5) is 0 Å². The fourth-order valence-corrected chi connectivity index (χ4v) is 1.03. The quantitative estimate of drug-likeness (QED) is 0.456. The van der Waals surface area contributed by atoms with Crippen molar-refractivity contribution in [1.82, 2.24) is 4.57 Å². The molecule has 1 heterocycles. The van der Waals surface area contributed by atoms with Gasteiger partial charge in [0.15, 0.2) is 0 Å². The van der Waals surface area contributed by atoms with Gasteiger partial charge in [0.2, 0.25) is 6.33 Å². The molecule has 0 amide bonds. The summed E-state index contributed by atoms with van der Waals surface area (Å²) in [6.07, 6.45) is 5.91. The molecule has 1 aromatic rings. The van der Waals surface area contributed by atoms with Crippen LogP contribution in [0.15, 0.2) is 18.7 Å². The summed E-state index contributed by atoms with van der Waals surface area (Å²) in [7, 11) is 0. The summed E-state index contributed by atoms with van der Waals surface area (Å²) in [4.78, 5) is 0. The number of hydrogen-bond acceptors (Lipinski definition) is 2. The molecule has 0 aliphatic heterocycles. The Hall–Kier alpha value is -0.480. The van der Waals surface area contributed by atoms with Gasteiger partial charge < -0.3 is 0 Å². The maximum absolute atomic E-state index is 5.39. The second kappa shape index (κ2) is 3.63. The molecule has 0 radical (unpaired) electrons. The number of imidazole rings is 1. The highest BCUT2D eigenvalue weighted by Crippen LogP contribution is 1.84. The standard InChI is InChI=1S/C6H11N3S/c7-5-9-2-1-8(6-9)3-4-10/h1-2,6H,3-5,7H2/p+1. The Labute approximate surface area is 65.9 Å². The Bertz CT molecular complexity index is 197. The van der Waals surface area contributed by atoms with E-state index in [-0.39, 0.29) is 0 Å². The molecule has 56 valence electrons. The summed E-state index contributed by atoms with van der Waals surface area (Å²) >= 11 is 4.11. The number of nitrogens with zero attached hydrogens (tertiary/aromatic N) is 2. The van der Waals surface area contributed by atoms with Crippen LogP contribution in [-0.4, -0.2) is 10.3 Å². The van der Waals surface area contributed by atoms with Gasteiger partial charge in [-0.05, 0) is 0 Å². The molecule has 3 nitrogen and oxygen atoms in total. The van der Waals surface area contributed by atoms with Gasteiger partial charge in [-0.2, -0.15) is 12.6 Å². The van der Waals surface area contributed by atoms with Crippen LogP contribution in [0.5, 0.6) is 0 Å². The highest BCUT2D eigenvalue weighted by molar-refractivity contribution is 7.80. The van der Waals surface area contributed by atoms with Crippen molar-refractivity contribution in [3.05, 3.63) is 18.7 Å². The largest absolute Gasteiger partial charge is 0.295 e. The molecular formula is C6H12N3S+. The molecule has 4 heteroatoms. The number of thiol groups is 1. The SMILES string of the molecule is NC[n+]1ccn(CCS)c1. The summed E-state index contributed by atoms with van der Waals surface area (Å²) in [5, 5.41) is 0. The van der Waals surface area contributed by atoms with Gasteiger partial charge in [-0.15, -0.1) is 0 Å². The van der Waals surface area contributed by atoms with Crippen LogP contribution in [0.25, 0.3) is 0 Å². The Morgan fingerprint density at radius 3 is 2.90 bits per heavy atom. The lowest BCUT2D eigenvalue weighted by Gasteiger charge is -1.88. The topological polar surface area (TPSA) is 34.8 Å². The second-order valence-electron chi connectivity index (χ2n) is 2.07. The van der Waals surface area contributed by atoms with Gasteiger partial charge in [0.1, 0.15) is 19.1 Å². The van der Waals surface area contributed by atoms with Crippen molar-refractivity contribution in [1.29, 1.82) is 0 Å². The van der Waals surface area contributed by atoms with E-state index in [1.807, 2.05) is 23.3 Å². The lowest BCUT2D eigenvalue weighted by molar-refractivity contribution is -0.695. The lowest BCUT2D eigenvalue weighted by Crippen LogP contribution is -2.35. The van der Waals surface area contributed by atoms with Crippen LogP contribution in [0, 0.1) is 0 Å². The van der Waals surface area contributed by atoms with E-state index < -0.39 is 0 Å². The molecule has 0 bridgehead atoms. The van der Waals surface area contributed by atoms with Crippen LogP contribution < -0.4 is 10.3 Å². The molecule has 0 fully saturated rings. The monoisotopic (exact) mass is 158 g/mol. The van der Waals surface area contributed by atoms with Crippen LogP contribution >= 0.6 is 12.6 Å². The zero-order chi connectivity index (χ0) is 7.40. The predicted molar refractivity (Wildman–Crippen MR) is 42.7 cm³/mol. The first kappa shape index (κ1) is 7.63. The number of rotatable bonds is 3. The molecule has 10 heavy (non-hydrogen) atoms. The van der Waals surface area contributed by atoms with Gasteiger partial charge in [0.05, 0.1) is 6.54 Å². The van der Waals surface area contributed by atoms with E-state index in [1.54, 1.807) is 0 Å². The van der Waals surface area contributed by atoms with Gasteiger partial charge in [-0.3, -0.25) is 5.73 Å². The van der Waals surface area contributed by atoms with Crippen molar-refractivity contribution in [2.75, 3.05) is 5.75 Å². The first-order valence-corrected chi connectivity index (χ1v) is 3.86. The van der Waals surface area contributed by atoms with E-state index in [9.17, 15) is 0 Å². The molecule has 1 rings (SSSR count). The van der Waals surface area contributed by atoms with Gasteiger partial charge in [-0.1, -0.05) is 0 Å². The van der Waals surface area contributed by atoms with Crippen molar-refractivity contribution in [3.8, 4) is 0 Å². The van der Waals surface area contributed by atoms with Crippen molar-refractivity contribution >= 4 is 12.6 Å².